The third-order valence-electron chi connectivity index (χ3n) is 3.70. The molecule has 0 aliphatic heterocycles. The van der Waals surface area contributed by atoms with Crippen molar-refractivity contribution in [3.8, 4) is 0 Å². The first kappa shape index (κ1) is 14.5. The molecule has 1 aliphatic rings. The smallest absolute Gasteiger partial charge is 0.313 e. The van der Waals surface area contributed by atoms with Crippen molar-refractivity contribution in [3.63, 3.8) is 0 Å². The van der Waals surface area contributed by atoms with E-state index in [9.17, 15) is 4.79 Å². The van der Waals surface area contributed by atoms with E-state index in [1.54, 1.807) is 6.92 Å². The maximum absolute atomic E-state index is 12.3. The van der Waals surface area contributed by atoms with E-state index in [-0.39, 0.29) is 28.8 Å². The zero-order chi connectivity index (χ0) is 13.5. The summed E-state index contributed by atoms with van der Waals surface area (Å²) < 4.78 is 5.32. The number of hydrogen-bond donors (Lipinski definition) is 1. The standard InChI is InChI=1S/C14H26O3/c1-10(7-15)17-11(16)14(8-12(2,3)4)9-13(14,5)6/h10,15H,7-9H2,1-6H3. The highest BCUT2D eigenvalue weighted by atomic mass is 16.6. The first-order valence-corrected chi connectivity index (χ1v) is 6.36. The molecule has 0 heterocycles. The Kier molecular flexibility index (Phi) is 3.64. The molecule has 1 fully saturated rings. The fourth-order valence-corrected chi connectivity index (χ4v) is 2.67. The van der Waals surface area contributed by atoms with Gasteiger partial charge in [-0.3, -0.25) is 4.79 Å². The second-order valence-electron chi connectivity index (χ2n) is 7.28. The van der Waals surface area contributed by atoms with Crippen molar-refractivity contribution in [3.05, 3.63) is 0 Å². The third-order valence-corrected chi connectivity index (χ3v) is 3.70. The van der Waals surface area contributed by atoms with Crippen LogP contribution in [0.4, 0.5) is 0 Å². The van der Waals surface area contributed by atoms with Gasteiger partial charge in [0, 0.05) is 0 Å². The van der Waals surface area contributed by atoms with E-state index in [0.717, 1.165) is 12.8 Å². The lowest BCUT2D eigenvalue weighted by Crippen LogP contribution is -2.32. The fraction of sp³-hybridized carbons (Fsp3) is 0.929. The molecule has 0 aromatic carbocycles. The van der Waals surface area contributed by atoms with Gasteiger partial charge in [-0.15, -0.1) is 0 Å². The average molecular weight is 242 g/mol. The first-order chi connectivity index (χ1) is 7.54. The van der Waals surface area contributed by atoms with Crippen molar-refractivity contribution >= 4 is 5.97 Å². The van der Waals surface area contributed by atoms with Gasteiger partial charge in [0.05, 0.1) is 12.0 Å². The maximum atomic E-state index is 12.3. The van der Waals surface area contributed by atoms with Gasteiger partial charge in [0.25, 0.3) is 0 Å². The summed E-state index contributed by atoms with van der Waals surface area (Å²) in [6, 6.07) is 0. The van der Waals surface area contributed by atoms with Crippen molar-refractivity contribution in [1.29, 1.82) is 0 Å². The van der Waals surface area contributed by atoms with Gasteiger partial charge in [-0.25, -0.2) is 0 Å². The zero-order valence-corrected chi connectivity index (χ0v) is 12.0. The van der Waals surface area contributed by atoms with Crippen LogP contribution >= 0.6 is 0 Å². The van der Waals surface area contributed by atoms with E-state index in [4.69, 9.17) is 9.84 Å². The number of carbonyl (C=O) groups is 1. The van der Waals surface area contributed by atoms with Crippen molar-refractivity contribution in [2.24, 2.45) is 16.2 Å². The van der Waals surface area contributed by atoms with E-state index >= 15 is 0 Å². The Balaban J connectivity index is 2.78. The Hall–Kier alpha value is -0.570. The largest absolute Gasteiger partial charge is 0.460 e. The molecule has 0 aromatic heterocycles. The van der Waals surface area contributed by atoms with Gasteiger partial charge in [-0.2, -0.15) is 0 Å². The molecule has 1 rings (SSSR count). The van der Waals surface area contributed by atoms with E-state index in [1.807, 2.05) is 0 Å². The maximum Gasteiger partial charge on any atom is 0.313 e. The molecule has 0 amide bonds. The van der Waals surface area contributed by atoms with Crippen LogP contribution in [0.2, 0.25) is 0 Å². The van der Waals surface area contributed by atoms with Crippen LogP contribution in [0.15, 0.2) is 0 Å². The van der Waals surface area contributed by atoms with Crippen molar-refractivity contribution in [2.45, 2.75) is 60.5 Å². The Bertz CT molecular complexity index is 301. The van der Waals surface area contributed by atoms with Crippen LogP contribution in [0.1, 0.15) is 54.4 Å². The topological polar surface area (TPSA) is 46.5 Å². The van der Waals surface area contributed by atoms with E-state index in [0.29, 0.717) is 0 Å². The third kappa shape index (κ3) is 3.01. The predicted octanol–water partition coefficient (Wildman–Crippen LogP) is 2.76. The number of aliphatic hydroxyl groups is 1. The minimum absolute atomic E-state index is 0.0204. The highest BCUT2D eigenvalue weighted by Crippen LogP contribution is 2.68. The van der Waals surface area contributed by atoms with Crippen LogP contribution < -0.4 is 0 Å². The van der Waals surface area contributed by atoms with Crippen molar-refractivity contribution in [2.75, 3.05) is 6.61 Å². The highest BCUT2D eigenvalue weighted by Gasteiger charge is 2.67. The number of esters is 1. The zero-order valence-electron chi connectivity index (χ0n) is 12.0. The molecule has 0 aromatic rings. The summed E-state index contributed by atoms with van der Waals surface area (Å²) in [7, 11) is 0. The Morgan fingerprint density at radius 1 is 1.41 bits per heavy atom. The van der Waals surface area contributed by atoms with Gasteiger partial charge in [-0.1, -0.05) is 34.6 Å². The number of ether oxygens (including phenoxy) is 1. The summed E-state index contributed by atoms with van der Waals surface area (Å²) in [6.07, 6.45) is 1.31. The van der Waals surface area contributed by atoms with Gasteiger partial charge in [0.15, 0.2) is 0 Å². The molecule has 0 spiro atoms. The Morgan fingerprint density at radius 2 is 1.88 bits per heavy atom. The summed E-state index contributed by atoms with van der Waals surface area (Å²) in [6.45, 7) is 12.3. The molecular weight excluding hydrogens is 216 g/mol. The van der Waals surface area contributed by atoms with Gasteiger partial charge in [0.2, 0.25) is 0 Å². The lowest BCUT2D eigenvalue weighted by atomic mass is 9.79. The first-order valence-electron chi connectivity index (χ1n) is 6.36. The molecule has 0 bridgehead atoms. The molecule has 0 saturated heterocycles. The Labute approximate surface area is 105 Å². The number of hydrogen-bond acceptors (Lipinski definition) is 3. The Morgan fingerprint density at radius 3 is 2.18 bits per heavy atom. The van der Waals surface area contributed by atoms with Crippen LogP contribution in [0.3, 0.4) is 0 Å². The molecule has 3 heteroatoms. The molecule has 2 unspecified atom stereocenters. The van der Waals surface area contributed by atoms with Gasteiger partial charge in [0.1, 0.15) is 6.10 Å². The SMILES string of the molecule is CC(CO)OC(=O)C1(CC(C)(C)C)CC1(C)C. The summed E-state index contributed by atoms with van der Waals surface area (Å²) in [5.41, 5.74) is -0.226. The fourth-order valence-electron chi connectivity index (χ4n) is 2.67. The van der Waals surface area contributed by atoms with E-state index in [2.05, 4.69) is 34.6 Å². The van der Waals surface area contributed by atoms with Crippen molar-refractivity contribution < 1.29 is 14.6 Å². The molecule has 1 saturated carbocycles. The average Bonchev–Trinajstić information content (AvgIpc) is 2.65. The number of aliphatic hydroxyl groups excluding tert-OH is 1. The minimum atomic E-state index is -0.407. The molecule has 3 nitrogen and oxygen atoms in total. The summed E-state index contributed by atoms with van der Waals surface area (Å²) in [5, 5.41) is 8.96. The molecule has 1 aliphatic carbocycles. The van der Waals surface area contributed by atoms with Crippen LogP contribution in [0.25, 0.3) is 0 Å². The van der Waals surface area contributed by atoms with E-state index < -0.39 is 6.10 Å². The number of carbonyl (C=O) groups excluding carboxylic acids is 1. The second kappa shape index (κ2) is 4.27. The lowest BCUT2D eigenvalue weighted by Gasteiger charge is -2.28. The van der Waals surface area contributed by atoms with Crippen molar-refractivity contribution in [1.82, 2.24) is 0 Å². The van der Waals surface area contributed by atoms with Crippen LogP contribution in [-0.4, -0.2) is 23.8 Å². The summed E-state index contributed by atoms with van der Waals surface area (Å²) in [4.78, 5) is 12.3. The van der Waals surface area contributed by atoms with Gasteiger partial charge >= 0.3 is 5.97 Å². The highest BCUT2D eigenvalue weighted by molar-refractivity contribution is 5.82. The number of rotatable bonds is 4. The second-order valence-corrected chi connectivity index (χ2v) is 7.28. The van der Waals surface area contributed by atoms with Crippen LogP contribution in [0.5, 0.6) is 0 Å². The predicted molar refractivity (Wildman–Crippen MR) is 67.5 cm³/mol. The molecule has 17 heavy (non-hydrogen) atoms. The molecule has 1 N–H and O–H groups in total. The quantitative estimate of drug-likeness (QED) is 0.771. The molecule has 2 atom stereocenters. The molecular formula is C14H26O3. The summed E-state index contributed by atoms with van der Waals surface area (Å²) >= 11 is 0. The molecule has 0 radical (unpaired) electrons. The van der Waals surface area contributed by atoms with Crippen LogP contribution in [-0.2, 0) is 9.53 Å². The molecule has 100 valence electrons. The van der Waals surface area contributed by atoms with E-state index in [1.165, 1.54) is 0 Å². The summed E-state index contributed by atoms with van der Waals surface area (Å²) in [5.74, 6) is -0.140. The minimum Gasteiger partial charge on any atom is -0.460 e. The normalized spacial score (nSPS) is 28.6. The van der Waals surface area contributed by atoms with Crippen LogP contribution in [0, 0.1) is 16.2 Å². The monoisotopic (exact) mass is 242 g/mol. The van der Waals surface area contributed by atoms with Gasteiger partial charge < -0.3 is 9.84 Å². The van der Waals surface area contributed by atoms with Gasteiger partial charge in [-0.05, 0) is 30.6 Å². The lowest BCUT2D eigenvalue weighted by molar-refractivity contribution is -0.159.